The lowest BCUT2D eigenvalue weighted by Gasteiger charge is -2.41. The highest BCUT2D eigenvalue weighted by molar-refractivity contribution is 6.32. The number of aliphatic carboxylic acids is 1. The van der Waals surface area contributed by atoms with Crippen molar-refractivity contribution in [3.05, 3.63) is 70.9 Å². The van der Waals surface area contributed by atoms with Crippen molar-refractivity contribution in [2.45, 2.75) is 57.8 Å². The number of carbonyl (C=O) groups is 1. The number of methoxy groups -OCH3 is 1. The lowest BCUT2D eigenvalue weighted by molar-refractivity contribution is -0.140. The van der Waals surface area contributed by atoms with Crippen molar-refractivity contribution in [1.82, 2.24) is 9.88 Å². The Kier molecular flexibility index (Phi) is 9.22. The van der Waals surface area contributed by atoms with E-state index >= 15 is 0 Å². The van der Waals surface area contributed by atoms with Crippen LogP contribution >= 0.6 is 11.6 Å². The lowest BCUT2D eigenvalue weighted by atomic mass is 9.72. The predicted octanol–water partition coefficient (Wildman–Crippen LogP) is 6.80. The van der Waals surface area contributed by atoms with Gasteiger partial charge in [-0.15, -0.1) is 0 Å². The quantitative estimate of drug-likeness (QED) is 0.272. The second-order valence-corrected chi connectivity index (χ2v) is 10.6. The lowest BCUT2D eigenvalue weighted by Crippen LogP contribution is -2.41. The van der Waals surface area contributed by atoms with Crippen LogP contribution in [0, 0.1) is 5.41 Å². The van der Waals surface area contributed by atoms with E-state index in [9.17, 15) is 9.90 Å². The molecule has 0 aliphatic carbocycles. The van der Waals surface area contributed by atoms with E-state index in [0.29, 0.717) is 5.02 Å². The molecule has 1 aromatic heterocycles. The maximum absolute atomic E-state index is 11.8. The maximum atomic E-state index is 11.8. The number of pyridine rings is 1. The van der Waals surface area contributed by atoms with Gasteiger partial charge in [-0.05, 0) is 106 Å². The zero-order valence-corrected chi connectivity index (χ0v) is 22.0. The zero-order valence-electron chi connectivity index (χ0n) is 21.2. The second kappa shape index (κ2) is 12.6. The number of fused-ring (bicyclic) bond motifs is 1. The van der Waals surface area contributed by atoms with E-state index in [1.807, 2.05) is 18.2 Å². The van der Waals surface area contributed by atoms with Crippen LogP contribution < -0.4 is 4.74 Å². The minimum absolute atomic E-state index is 0.140. The number of rotatable bonds is 12. The Morgan fingerprint density at radius 1 is 1.08 bits per heavy atom. The highest BCUT2D eigenvalue weighted by Crippen LogP contribution is 2.40. The fraction of sp³-hybridized carbons (Fsp3) is 0.467. The van der Waals surface area contributed by atoms with Gasteiger partial charge in [-0.3, -0.25) is 9.78 Å². The summed E-state index contributed by atoms with van der Waals surface area (Å²) in [5.41, 5.74) is 3.23. The highest BCUT2D eigenvalue weighted by Gasteiger charge is 2.36. The summed E-state index contributed by atoms with van der Waals surface area (Å²) in [6, 6.07) is 16.5. The van der Waals surface area contributed by atoms with Crippen LogP contribution in [0.15, 0.2) is 54.7 Å². The smallest absolute Gasteiger partial charge is 0.303 e. The van der Waals surface area contributed by atoms with Gasteiger partial charge in [0.1, 0.15) is 5.75 Å². The number of benzene rings is 2. The number of hydrogen-bond donors (Lipinski definition) is 1. The van der Waals surface area contributed by atoms with Gasteiger partial charge < -0.3 is 14.7 Å². The molecule has 1 aliphatic heterocycles. The number of aromatic nitrogens is 1. The number of ether oxygens (including phenoxy) is 1. The van der Waals surface area contributed by atoms with Gasteiger partial charge in [-0.25, -0.2) is 0 Å². The Morgan fingerprint density at radius 3 is 2.58 bits per heavy atom. The molecule has 5 nitrogen and oxygen atoms in total. The third-order valence-corrected chi connectivity index (χ3v) is 8.07. The van der Waals surface area contributed by atoms with Crippen LogP contribution in [-0.2, 0) is 17.6 Å². The van der Waals surface area contributed by atoms with Crippen molar-refractivity contribution in [3.63, 3.8) is 0 Å². The van der Waals surface area contributed by atoms with Crippen molar-refractivity contribution in [3.8, 4) is 5.75 Å². The summed E-state index contributed by atoms with van der Waals surface area (Å²) in [7, 11) is 1.66. The van der Waals surface area contributed by atoms with E-state index < -0.39 is 5.97 Å². The summed E-state index contributed by atoms with van der Waals surface area (Å²) < 4.78 is 5.40. The molecule has 2 aromatic carbocycles. The number of unbranched alkanes of at least 4 members (excludes halogenated alkanes) is 1. The van der Waals surface area contributed by atoms with E-state index in [2.05, 4.69) is 40.2 Å². The third kappa shape index (κ3) is 6.98. The largest absolute Gasteiger partial charge is 0.497 e. The van der Waals surface area contributed by atoms with Crippen molar-refractivity contribution < 1.29 is 14.6 Å². The number of aryl methyl sites for hydroxylation is 2. The zero-order chi connectivity index (χ0) is 25.4. The molecule has 0 saturated carbocycles. The first-order chi connectivity index (χ1) is 17.5. The summed E-state index contributed by atoms with van der Waals surface area (Å²) in [5.74, 6) is 0.0924. The number of carboxylic acids is 1. The van der Waals surface area contributed by atoms with Crippen molar-refractivity contribution >= 4 is 28.5 Å². The van der Waals surface area contributed by atoms with E-state index in [0.717, 1.165) is 80.4 Å². The number of piperidine rings is 1. The molecular formula is C30H37ClN2O3. The van der Waals surface area contributed by atoms with Gasteiger partial charge in [-0.2, -0.15) is 0 Å². The molecule has 3 aromatic rings. The Hall–Kier alpha value is -2.63. The van der Waals surface area contributed by atoms with Crippen LogP contribution in [0.3, 0.4) is 0 Å². The molecular weight excluding hydrogens is 472 g/mol. The highest BCUT2D eigenvalue weighted by atomic mass is 35.5. The van der Waals surface area contributed by atoms with E-state index in [1.54, 1.807) is 13.3 Å². The summed E-state index contributed by atoms with van der Waals surface area (Å²) in [6.07, 6.45) is 9.93. The molecule has 1 fully saturated rings. The SMILES string of the molecule is COc1ccc2ncc(Cl)c(CCCC3(CC(=O)O)CCN(CCCCc4ccccc4)CC3)c2c1. The molecule has 0 amide bonds. The van der Waals surface area contributed by atoms with Gasteiger partial charge in [0.25, 0.3) is 0 Å². The van der Waals surface area contributed by atoms with Crippen LogP contribution in [-0.4, -0.2) is 47.7 Å². The van der Waals surface area contributed by atoms with Crippen LogP contribution in [0.4, 0.5) is 0 Å². The molecule has 192 valence electrons. The van der Waals surface area contributed by atoms with E-state index in [1.165, 1.54) is 18.4 Å². The predicted molar refractivity (Wildman–Crippen MR) is 146 cm³/mol. The number of halogens is 1. The minimum Gasteiger partial charge on any atom is -0.497 e. The van der Waals surface area contributed by atoms with Gasteiger partial charge in [0.05, 0.1) is 24.1 Å². The van der Waals surface area contributed by atoms with E-state index in [-0.39, 0.29) is 11.8 Å². The van der Waals surface area contributed by atoms with Crippen molar-refractivity contribution in [1.29, 1.82) is 0 Å². The average Bonchev–Trinajstić information content (AvgIpc) is 2.89. The molecule has 36 heavy (non-hydrogen) atoms. The molecule has 0 unspecified atom stereocenters. The molecule has 1 saturated heterocycles. The Balaban J connectivity index is 1.31. The Labute approximate surface area is 219 Å². The van der Waals surface area contributed by atoms with Gasteiger partial charge in [0.2, 0.25) is 0 Å². The monoisotopic (exact) mass is 508 g/mol. The van der Waals surface area contributed by atoms with Crippen LogP contribution in [0.25, 0.3) is 10.9 Å². The molecule has 0 spiro atoms. The molecule has 0 atom stereocenters. The van der Waals surface area contributed by atoms with Crippen LogP contribution in [0.2, 0.25) is 5.02 Å². The molecule has 1 N–H and O–H groups in total. The number of nitrogens with zero attached hydrogens (tertiary/aromatic N) is 2. The standard InChI is InChI=1S/C30H37ClN2O3/c1-36-24-12-13-28-26(20-24)25(27(31)22-32-28)11-7-14-30(21-29(34)35)15-18-33(19-16-30)17-6-5-10-23-8-3-2-4-9-23/h2-4,8-9,12-13,20,22H,5-7,10-11,14-19,21H2,1H3,(H,34,35). The molecule has 1 aliphatic rings. The molecule has 0 bridgehead atoms. The fourth-order valence-corrected chi connectivity index (χ4v) is 5.86. The first-order valence-electron chi connectivity index (χ1n) is 13.1. The summed E-state index contributed by atoms with van der Waals surface area (Å²) in [4.78, 5) is 18.7. The van der Waals surface area contributed by atoms with E-state index in [4.69, 9.17) is 16.3 Å². The van der Waals surface area contributed by atoms with Gasteiger partial charge in [0.15, 0.2) is 0 Å². The number of hydrogen-bond acceptors (Lipinski definition) is 4. The summed E-state index contributed by atoms with van der Waals surface area (Å²) in [5, 5.41) is 11.4. The Bertz CT molecular complexity index is 1140. The Morgan fingerprint density at radius 2 is 1.86 bits per heavy atom. The van der Waals surface area contributed by atoms with Crippen LogP contribution in [0.5, 0.6) is 5.75 Å². The topological polar surface area (TPSA) is 62.7 Å². The van der Waals surface area contributed by atoms with Gasteiger partial charge in [0, 0.05) is 11.6 Å². The van der Waals surface area contributed by atoms with Crippen LogP contribution in [0.1, 0.15) is 56.1 Å². The molecule has 6 heteroatoms. The fourth-order valence-electron chi connectivity index (χ4n) is 5.62. The maximum Gasteiger partial charge on any atom is 0.303 e. The first kappa shape index (κ1) is 26.4. The van der Waals surface area contributed by atoms with Crippen molar-refractivity contribution in [2.75, 3.05) is 26.7 Å². The van der Waals surface area contributed by atoms with Gasteiger partial charge >= 0.3 is 5.97 Å². The molecule has 4 rings (SSSR count). The summed E-state index contributed by atoms with van der Waals surface area (Å²) in [6.45, 7) is 3.06. The average molecular weight is 509 g/mol. The number of likely N-dealkylation sites (tertiary alicyclic amines) is 1. The summed E-state index contributed by atoms with van der Waals surface area (Å²) >= 11 is 6.55. The second-order valence-electron chi connectivity index (χ2n) is 10.2. The third-order valence-electron chi connectivity index (χ3n) is 7.74. The number of carboxylic acid groups (broad SMARTS) is 1. The first-order valence-corrected chi connectivity index (χ1v) is 13.4. The van der Waals surface area contributed by atoms with Crippen molar-refractivity contribution in [2.24, 2.45) is 5.41 Å². The minimum atomic E-state index is -0.691. The molecule has 0 radical (unpaired) electrons. The van der Waals surface area contributed by atoms with Gasteiger partial charge in [-0.1, -0.05) is 41.9 Å². The normalized spacial score (nSPS) is 15.7. The molecule has 2 heterocycles.